The van der Waals surface area contributed by atoms with Crippen molar-refractivity contribution >= 4 is 17.1 Å². The first kappa shape index (κ1) is 27.8. The van der Waals surface area contributed by atoms with Gasteiger partial charge in [-0.3, -0.25) is 0 Å². The molecule has 0 atom stereocenters. The minimum Gasteiger partial charge on any atom is -0.375 e. The molecule has 2 aromatic carbocycles. The molecule has 170 valence electrons. The minimum absolute atomic E-state index is 0.583. The van der Waals surface area contributed by atoms with Crippen molar-refractivity contribution in [3.63, 3.8) is 0 Å². The van der Waals surface area contributed by atoms with Gasteiger partial charge >= 0.3 is 0 Å². The van der Waals surface area contributed by atoms with Crippen LogP contribution in [0.2, 0.25) is 0 Å². The molecule has 0 heterocycles. The summed E-state index contributed by atoms with van der Waals surface area (Å²) in [5.41, 5.74) is 5.25. The van der Waals surface area contributed by atoms with Crippen LogP contribution in [0.3, 0.4) is 0 Å². The first-order valence-corrected chi connectivity index (χ1v) is 11.8. The number of hydrogen-bond acceptors (Lipinski definition) is 3. The average Bonchev–Trinajstić information content (AvgIpc) is 2.81. The van der Waals surface area contributed by atoms with E-state index in [9.17, 15) is 0 Å². The van der Waals surface area contributed by atoms with Gasteiger partial charge in [0.2, 0.25) is 0 Å². The van der Waals surface area contributed by atoms with Crippen LogP contribution in [0.1, 0.15) is 66.9 Å². The topological polar surface area (TPSA) is 9.72 Å². The van der Waals surface area contributed by atoms with E-state index in [0.29, 0.717) is 5.92 Å². The first-order valence-electron chi connectivity index (χ1n) is 11.8. The molecule has 0 saturated heterocycles. The van der Waals surface area contributed by atoms with Gasteiger partial charge in [0, 0.05) is 57.3 Å². The van der Waals surface area contributed by atoms with Gasteiger partial charge in [0.25, 0.3) is 0 Å². The van der Waals surface area contributed by atoms with Gasteiger partial charge in [0.1, 0.15) is 0 Å². The van der Waals surface area contributed by atoms with Crippen molar-refractivity contribution in [3.05, 3.63) is 54.1 Å². The molecule has 0 unspecified atom stereocenters. The molecule has 3 nitrogen and oxygen atoms in total. The van der Waals surface area contributed by atoms with Crippen LogP contribution in [0.4, 0.5) is 17.1 Å². The van der Waals surface area contributed by atoms with Crippen molar-refractivity contribution in [1.29, 1.82) is 0 Å². The van der Waals surface area contributed by atoms with Gasteiger partial charge < -0.3 is 14.7 Å². The van der Waals surface area contributed by atoms with E-state index in [4.69, 9.17) is 0 Å². The number of likely N-dealkylation sites (N-methyl/N-ethyl adjacent to an activating group) is 2. The second-order valence-corrected chi connectivity index (χ2v) is 7.28. The van der Waals surface area contributed by atoms with Crippen LogP contribution < -0.4 is 14.7 Å². The van der Waals surface area contributed by atoms with Gasteiger partial charge in [-0.1, -0.05) is 53.7 Å². The average molecular weight is 414 g/mol. The van der Waals surface area contributed by atoms with E-state index in [-0.39, 0.29) is 0 Å². The third-order valence-corrected chi connectivity index (χ3v) is 5.22. The molecule has 30 heavy (non-hydrogen) atoms. The maximum absolute atomic E-state index is 2.44. The van der Waals surface area contributed by atoms with Gasteiger partial charge in [-0.15, -0.1) is 0 Å². The zero-order valence-electron chi connectivity index (χ0n) is 21.4. The van der Waals surface area contributed by atoms with Gasteiger partial charge in [0.05, 0.1) is 0 Å². The highest BCUT2D eigenvalue weighted by molar-refractivity contribution is 5.56. The lowest BCUT2D eigenvalue weighted by atomic mass is 10.0. The number of rotatable bonds is 9. The van der Waals surface area contributed by atoms with Crippen molar-refractivity contribution in [3.8, 4) is 0 Å². The Hall–Kier alpha value is -2.16. The summed E-state index contributed by atoms with van der Waals surface area (Å²) in [6, 6.07) is 17.9. The molecule has 2 aromatic rings. The number of anilines is 3. The molecule has 0 aromatic heterocycles. The molecule has 0 radical (unpaired) electrons. The largest absolute Gasteiger partial charge is 0.375 e. The third kappa shape index (κ3) is 8.69. The number of hydrogen-bond donors (Lipinski definition) is 0. The molecule has 0 aliphatic rings. The van der Waals surface area contributed by atoms with E-state index in [1.54, 1.807) is 0 Å². The molecule has 0 aliphatic carbocycles. The molecule has 0 spiro atoms. The van der Waals surface area contributed by atoms with Crippen LogP contribution in [0.5, 0.6) is 0 Å². The van der Waals surface area contributed by atoms with Gasteiger partial charge in [0.15, 0.2) is 0 Å². The molecule has 2 rings (SSSR count). The standard InChI is InChI=1S/C23H35N3.2C2H6/c1-7-24(5)21-13-15-22(16-14-21)25(6)17-18-26(8-2)23-11-9-20(10-12-23)19(3)4;2*1-2/h9-16,19H,7-8,17-18H2,1-6H3;2*1-2H3. The molecule has 3 heteroatoms. The van der Waals surface area contributed by atoms with Gasteiger partial charge in [-0.2, -0.15) is 0 Å². The van der Waals surface area contributed by atoms with E-state index in [0.717, 1.165) is 26.2 Å². The highest BCUT2D eigenvalue weighted by atomic mass is 15.2. The van der Waals surface area contributed by atoms with Crippen LogP contribution >= 0.6 is 0 Å². The van der Waals surface area contributed by atoms with Crippen molar-refractivity contribution < 1.29 is 0 Å². The zero-order chi connectivity index (χ0) is 23.1. The smallest absolute Gasteiger partial charge is 0.0366 e. The van der Waals surface area contributed by atoms with Crippen LogP contribution in [0.25, 0.3) is 0 Å². The van der Waals surface area contributed by atoms with Crippen LogP contribution in [-0.4, -0.2) is 40.3 Å². The lowest BCUT2D eigenvalue weighted by molar-refractivity contribution is 0.784. The van der Waals surface area contributed by atoms with E-state index in [2.05, 4.69) is 105 Å². The van der Waals surface area contributed by atoms with E-state index in [1.165, 1.54) is 22.6 Å². The van der Waals surface area contributed by atoms with Crippen molar-refractivity contribution in [2.24, 2.45) is 0 Å². The van der Waals surface area contributed by atoms with Crippen LogP contribution in [0.15, 0.2) is 48.5 Å². The van der Waals surface area contributed by atoms with Crippen LogP contribution in [0, 0.1) is 0 Å². The summed E-state index contributed by atoms with van der Waals surface area (Å²) >= 11 is 0. The Bertz CT molecular complexity index is 647. The molecule has 0 fully saturated rings. The molecule has 0 saturated carbocycles. The highest BCUT2D eigenvalue weighted by Crippen LogP contribution is 2.21. The van der Waals surface area contributed by atoms with E-state index >= 15 is 0 Å². The normalized spacial score (nSPS) is 9.83. The summed E-state index contributed by atoms with van der Waals surface area (Å²) in [4.78, 5) is 7.03. The minimum atomic E-state index is 0.583. The van der Waals surface area contributed by atoms with Crippen LogP contribution in [-0.2, 0) is 0 Å². The van der Waals surface area contributed by atoms with Crippen molar-refractivity contribution in [2.75, 3.05) is 55.0 Å². The molecule has 0 amide bonds. The summed E-state index contributed by atoms with van der Waals surface area (Å²) < 4.78 is 0. The van der Waals surface area contributed by atoms with Gasteiger partial charge in [-0.25, -0.2) is 0 Å². The molecular weight excluding hydrogens is 366 g/mol. The maximum atomic E-state index is 2.44. The Balaban J connectivity index is 0.00000198. The highest BCUT2D eigenvalue weighted by Gasteiger charge is 2.08. The quantitative estimate of drug-likeness (QED) is 0.427. The predicted octanol–water partition coefficient (Wildman–Crippen LogP) is 7.28. The number of benzene rings is 2. The summed E-state index contributed by atoms with van der Waals surface area (Å²) in [5, 5.41) is 0. The molecule has 0 bridgehead atoms. The Labute approximate surface area is 187 Å². The Morgan fingerprint density at radius 1 is 0.600 bits per heavy atom. The Morgan fingerprint density at radius 3 is 1.43 bits per heavy atom. The predicted molar refractivity (Wildman–Crippen MR) is 140 cm³/mol. The zero-order valence-corrected chi connectivity index (χ0v) is 21.4. The number of nitrogens with zero attached hydrogens (tertiary/aromatic N) is 3. The first-order chi connectivity index (χ1) is 14.5. The van der Waals surface area contributed by atoms with Crippen molar-refractivity contribution in [1.82, 2.24) is 0 Å². The fraction of sp³-hybridized carbons (Fsp3) is 0.556. The fourth-order valence-electron chi connectivity index (χ4n) is 3.08. The summed E-state index contributed by atoms with van der Waals surface area (Å²) in [6.45, 7) is 21.0. The molecule has 0 aliphatic heterocycles. The van der Waals surface area contributed by atoms with E-state index in [1.807, 2.05) is 27.7 Å². The van der Waals surface area contributed by atoms with Crippen molar-refractivity contribution in [2.45, 2.75) is 61.3 Å². The Kier molecular flexibility index (Phi) is 14.5. The Morgan fingerprint density at radius 2 is 1.03 bits per heavy atom. The fourth-order valence-corrected chi connectivity index (χ4v) is 3.08. The monoisotopic (exact) mass is 413 g/mol. The summed E-state index contributed by atoms with van der Waals surface area (Å²) in [7, 11) is 4.30. The second kappa shape index (κ2) is 15.6. The summed E-state index contributed by atoms with van der Waals surface area (Å²) in [5.74, 6) is 0.583. The lowest BCUT2D eigenvalue weighted by Crippen LogP contribution is -2.33. The molecular formula is C27H47N3. The lowest BCUT2D eigenvalue weighted by Gasteiger charge is -2.28. The maximum Gasteiger partial charge on any atom is 0.0366 e. The third-order valence-electron chi connectivity index (χ3n) is 5.22. The SMILES string of the molecule is CC.CC.CCN(C)c1ccc(N(C)CCN(CC)c2ccc(C(C)C)cc2)cc1. The van der Waals surface area contributed by atoms with Gasteiger partial charge in [-0.05, 0) is 61.7 Å². The second-order valence-electron chi connectivity index (χ2n) is 7.28. The molecule has 0 N–H and O–H groups in total. The summed E-state index contributed by atoms with van der Waals surface area (Å²) in [6.07, 6.45) is 0. The van der Waals surface area contributed by atoms with E-state index < -0.39 is 0 Å².